The third-order valence-corrected chi connectivity index (χ3v) is 1.52. The molecule has 0 aliphatic heterocycles. The molecule has 0 saturated heterocycles. The van der Waals surface area contributed by atoms with Gasteiger partial charge in [0.25, 0.3) is 0 Å². The van der Waals surface area contributed by atoms with Gasteiger partial charge in [-0.1, -0.05) is 18.2 Å². The second-order valence-electron chi connectivity index (χ2n) is 2.60. The molecule has 0 heterocycles. The topological polar surface area (TPSA) is 89.6 Å². The SMILES string of the molecule is NC(=O)Oc1ccccc1CC(=O)O. The largest absolute Gasteiger partial charge is 0.481 e. The van der Waals surface area contributed by atoms with Crippen molar-refractivity contribution in [1.82, 2.24) is 0 Å². The molecule has 0 radical (unpaired) electrons. The fraction of sp³-hybridized carbons (Fsp3) is 0.111. The number of primary amides is 1. The highest BCUT2D eigenvalue weighted by Crippen LogP contribution is 2.18. The van der Waals surface area contributed by atoms with E-state index >= 15 is 0 Å². The first-order valence-corrected chi connectivity index (χ1v) is 3.86. The van der Waals surface area contributed by atoms with Crippen LogP contribution >= 0.6 is 0 Å². The number of ether oxygens (including phenoxy) is 1. The summed E-state index contributed by atoms with van der Waals surface area (Å²) in [5, 5.41) is 8.55. The van der Waals surface area contributed by atoms with Crippen molar-refractivity contribution >= 4 is 12.1 Å². The second kappa shape index (κ2) is 4.27. The number of carboxylic acid groups (broad SMARTS) is 1. The Morgan fingerprint density at radius 2 is 2.00 bits per heavy atom. The van der Waals surface area contributed by atoms with Crippen molar-refractivity contribution in [2.45, 2.75) is 6.42 Å². The minimum atomic E-state index is -0.995. The van der Waals surface area contributed by atoms with E-state index in [0.29, 0.717) is 5.56 Å². The lowest BCUT2D eigenvalue weighted by Gasteiger charge is -2.05. The summed E-state index contributed by atoms with van der Waals surface area (Å²) in [4.78, 5) is 20.9. The van der Waals surface area contributed by atoms with Crippen LogP contribution in [0.3, 0.4) is 0 Å². The maximum Gasteiger partial charge on any atom is 0.409 e. The lowest BCUT2D eigenvalue weighted by molar-refractivity contribution is -0.136. The molecule has 5 heteroatoms. The highest BCUT2D eigenvalue weighted by molar-refractivity contribution is 5.73. The molecule has 5 nitrogen and oxygen atoms in total. The monoisotopic (exact) mass is 195 g/mol. The van der Waals surface area contributed by atoms with Gasteiger partial charge in [0.15, 0.2) is 0 Å². The molecule has 0 aliphatic carbocycles. The number of carbonyl (C=O) groups excluding carboxylic acids is 1. The molecule has 0 saturated carbocycles. The van der Waals surface area contributed by atoms with Gasteiger partial charge in [0, 0.05) is 5.56 Å². The van der Waals surface area contributed by atoms with Crippen molar-refractivity contribution in [3.8, 4) is 5.75 Å². The van der Waals surface area contributed by atoms with Crippen molar-refractivity contribution in [1.29, 1.82) is 0 Å². The third-order valence-electron chi connectivity index (χ3n) is 1.52. The molecule has 1 amide bonds. The van der Waals surface area contributed by atoms with Crippen LogP contribution in [0.15, 0.2) is 24.3 Å². The molecule has 0 spiro atoms. The zero-order chi connectivity index (χ0) is 10.6. The number of rotatable bonds is 3. The average molecular weight is 195 g/mol. The molecular formula is C9H9NO4. The number of carbonyl (C=O) groups is 2. The van der Waals surface area contributed by atoms with E-state index in [9.17, 15) is 9.59 Å². The standard InChI is InChI=1S/C9H9NO4/c10-9(13)14-7-4-2-1-3-6(7)5-8(11)12/h1-4H,5H2,(H2,10,13)(H,11,12). The first-order chi connectivity index (χ1) is 6.59. The molecule has 0 fully saturated rings. The Bertz CT molecular complexity index is 327. The van der Waals surface area contributed by atoms with Gasteiger partial charge >= 0.3 is 12.1 Å². The van der Waals surface area contributed by atoms with E-state index in [1.807, 2.05) is 0 Å². The van der Waals surface area contributed by atoms with E-state index < -0.39 is 12.1 Å². The predicted octanol–water partition coefficient (Wildman–Crippen LogP) is 0.771. The summed E-state index contributed by atoms with van der Waals surface area (Å²) >= 11 is 0. The summed E-state index contributed by atoms with van der Waals surface area (Å²) in [6, 6.07) is 6.34. The Morgan fingerprint density at radius 3 is 2.57 bits per heavy atom. The number of para-hydroxylation sites is 1. The van der Waals surface area contributed by atoms with Crippen molar-refractivity contribution in [2.24, 2.45) is 5.73 Å². The fourth-order valence-electron chi connectivity index (χ4n) is 1.02. The molecule has 3 N–H and O–H groups in total. The molecule has 0 unspecified atom stereocenters. The van der Waals surface area contributed by atoms with Gasteiger partial charge in [-0.15, -0.1) is 0 Å². The first-order valence-electron chi connectivity index (χ1n) is 3.86. The van der Waals surface area contributed by atoms with Crippen molar-refractivity contribution in [3.05, 3.63) is 29.8 Å². The van der Waals surface area contributed by atoms with Crippen LogP contribution in [0.2, 0.25) is 0 Å². The van der Waals surface area contributed by atoms with Crippen LogP contribution in [-0.2, 0) is 11.2 Å². The van der Waals surface area contributed by atoms with Crippen LogP contribution < -0.4 is 10.5 Å². The summed E-state index contributed by atoms with van der Waals surface area (Å²) < 4.78 is 4.62. The van der Waals surface area contributed by atoms with Gasteiger partial charge in [-0.25, -0.2) is 4.79 Å². The van der Waals surface area contributed by atoms with Crippen LogP contribution in [-0.4, -0.2) is 17.2 Å². The van der Waals surface area contributed by atoms with Crippen molar-refractivity contribution in [3.63, 3.8) is 0 Å². The number of benzene rings is 1. The van der Waals surface area contributed by atoms with Crippen molar-refractivity contribution in [2.75, 3.05) is 0 Å². The smallest absolute Gasteiger partial charge is 0.409 e. The molecule has 74 valence electrons. The van der Waals surface area contributed by atoms with Crippen LogP contribution in [0.4, 0.5) is 4.79 Å². The van der Waals surface area contributed by atoms with E-state index in [-0.39, 0.29) is 12.2 Å². The second-order valence-corrected chi connectivity index (χ2v) is 2.60. The minimum absolute atomic E-state index is 0.183. The highest BCUT2D eigenvalue weighted by Gasteiger charge is 2.08. The quantitative estimate of drug-likeness (QED) is 0.745. The van der Waals surface area contributed by atoms with Crippen molar-refractivity contribution < 1.29 is 19.4 Å². The van der Waals surface area contributed by atoms with Crippen LogP contribution in [0.25, 0.3) is 0 Å². The van der Waals surface area contributed by atoms with Crippen LogP contribution in [0.1, 0.15) is 5.56 Å². The Kier molecular flexibility index (Phi) is 3.06. The lowest BCUT2D eigenvalue weighted by Crippen LogP contribution is -2.17. The molecule has 0 aliphatic rings. The van der Waals surface area contributed by atoms with Gasteiger partial charge in [0.1, 0.15) is 5.75 Å². The molecular weight excluding hydrogens is 186 g/mol. The molecule has 0 bridgehead atoms. The molecule has 1 rings (SSSR count). The molecule has 1 aromatic rings. The van der Waals surface area contributed by atoms with Gasteiger partial charge in [-0.05, 0) is 6.07 Å². The summed E-state index contributed by atoms with van der Waals surface area (Å²) in [5.41, 5.74) is 5.23. The predicted molar refractivity (Wildman–Crippen MR) is 48.0 cm³/mol. The number of hydrogen-bond donors (Lipinski definition) is 2. The molecule has 1 aromatic carbocycles. The third kappa shape index (κ3) is 2.78. The van der Waals surface area contributed by atoms with E-state index in [1.165, 1.54) is 6.07 Å². The fourth-order valence-corrected chi connectivity index (χ4v) is 1.02. The number of amides is 1. The average Bonchev–Trinajstić information content (AvgIpc) is 2.06. The van der Waals surface area contributed by atoms with Gasteiger partial charge in [0.05, 0.1) is 6.42 Å². The molecule has 14 heavy (non-hydrogen) atoms. The number of nitrogens with two attached hydrogens (primary N) is 1. The van der Waals surface area contributed by atoms with Gasteiger partial charge in [-0.3, -0.25) is 4.79 Å². The van der Waals surface area contributed by atoms with E-state index in [4.69, 9.17) is 10.8 Å². The van der Waals surface area contributed by atoms with E-state index in [2.05, 4.69) is 4.74 Å². The number of carboxylic acids is 1. The van der Waals surface area contributed by atoms with Gasteiger partial charge in [0.2, 0.25) is 0 Å². The molecule has 0 atom stereocenters. The highest BCUT2D eigenvalue weighted by atomic mass is 16.5. The summed E-state index contributed by atoms with van der Waals surface area (Å²) in [6.07, 6.45) is -1.16. The van der Waals surface area contributed by atoms with Crippen LogP contribution in [0.5, 0.6) is 5.75 Å². The molecule has 0 aromatic heterocycles. The maximum absolute atomic E-state index is 10.5. The van der Waals surface area contributed by atoms with E-state index in [1.54, 1.807) is 18.2 Å². The Balaban J connectivity index is 2.90. The zero-order valence-electron chi connectivity index (χ0n) is 7.27. The van der Waals surface area contributed by atoms with Gasteiger partial charge in [-0.2, -0.15) is 0 Å². The zero-order valence-corrected chi connectivity index (χ0v) is 7.27. The lowest BCUT2D eigenvalue weighted by atomic mass is 10.1. The van der Waals surface area contributed by atoms with Gasteiger partial charge < -0.3 is 15.6 Å². The van der Waals surface area contributed by atoms with E-state index in [0.717, 1.165) is 0 Å². The number of aliphatic carboxylic acids is 1. The van der Waals surface area contributed by atoms with Crippen LogP contribution in [0, 0.1) is 0 Å². The Morgan fingerprint density at radius 1 is 1.36 bits per heavy atom. The maximum atomic E-state index is 10.5. The summed E-state index contributed by atoms with van der Waals surface area (Å²) in [6.45, 7) is 0. The first kappa shape index (κ1) is 10.0. The number of hydrogen-bond acceptors (Lipinski definition) is 3. The normalized spacial score (nSPS) is 9.43. The summed E-state index contributed by atoms with van der Waals surface area (Å²) in [5.74, 6) is -0.812. The minimum Gasteiger partial charge on any atom is -0.481 e. The Labute approximate surface area is 80.1 Å². The summed E-state index contributed by atoms with van der Waals surface area (Å²) in [7, 11) is 0. The Hall–Kier alpha value is -2.04.